The van der Waals surface area contributed by atoms with E-state index in [1.807, 2.05) is 28.7 Å². The number of hydrogen-bond acceptors (Lipinski definition) is 5. The van der Waals surface area contributed by atoms with Crippen molar-refractivity contribution in [2.24, 2.45) is 0 Å². The summed E-state index contributed by atoms with van der Waals surface area (Å²) in [6.45, 7) is 0. The van der Waals surface area contributed by atoms with E-state index in [4.69, 9.17) is 21.6 Å². The molecule has 1 aromatic heterocycles. The van der Waals surface area contributed by atoms with Crippen molar-refractivity contribution in [1.29, 1.82) is 5.26 Å². The maximum absolute atomic E-state index is 12.2. The van der Waals surface area contributed by atoms with E-state index in [0.717, 1.165) is 29.4 Å². The number of nitrogens with zero attached hydrogens (tertiary/aromatic N) is 3. The van der Waals surface area contributed by atoms with Gasteiger partial charge in [-0.3, -0.25) is 4.79 Å². The first kappa shape index (κ1) is 18.9. The molecule has 1 aliphatic rings. The van der Waals surface area contributed by atoms with E-state index in [9.17, 15) is 4.79 Å². The summed E-state index contributed by atoms with van der Waals surface area (Å²) in [6.07, 6.45) is 6.46. The number of nitriles is 1. The third-order valence-electron chi connectivity index (χ3n) is 4.23. The molecule has 1 aliphatic carbocycles. The van der Waals surface area contributed by atoms with Crippen molar-refractivity contribution in [2.45, 2.75) is 37.8 Å². The molecule has 1 saturated carbocycles. The van der Waals surface area contributed by atoms with Gasteiger partial charge < -0.3 is 10.1 Å². The molecule has 134 valence electrons. The molecule has 1 fully saturated rings. The molecular formula is C18H16ClIN4O2. The number of nitrogens with one attached hydrogen (secondary N) is 1. The van der Waals surface area contributed by atoms with Crippen LogP contribution >= 0.6 is 34.2 Å². The third kappa shape index (κ3) is 4.83. The number of benzene rings is 1. The average molecular weight is 483 g/mol. The van der Waals surface area contributed by atoms with Gasteiger partial charge in [0.25, 0.3) is 5.91 Å². The lowest BCUT2D eigenvalue weighted by molar-refractivity contribution is 0.0888. The quantitative estimate of drug-likeness (QED) is 0.671. The van der Waals surface area contributed by atoms with Crippen LogP contribution in [0.2, 0.25) is 5.02 Å². The number of halogens is 2. The lowest BCUT2D eigenvalue weighted by atomic mass is 9.93. The molecule has 0 radical (unpaired) electrons. The summed E-state index contributed by atoms with van der Waals surface area (Å²) in [5, 5.41) is 12.3. The number of carbonyl (C=O) groups is 1. The maximum atomic E-state index is 12.2. The molecule has 0 bridgehead atoms. The Morgan fingerprint density at radius 3 is 2.65 bits per heavy atom. The Morgan fingerprint density at radius 1 is 1.27 bits per heavy atom. The van der Waals surface area contributed by atoms with E-state index in [1.165, 1.54) is 6.20 Å². The molecule has 3 rings (SSSR count). The highest BCUT2D eigenvalue weighted by molar-refractivity contribution is 14.1. The summed E-state index contributed by atoms with van der Waals surface area (Å²) < 4.78 is 6.71. The Labute approximate surface area is 170 Å². The molecule has 26 heavy (non-hydrogen) atoms. The molecule has 2 aromatic rings. The number of amides is 1. The van der Waals surface area contributed by atoms with E-state index in [1.54, 1.807) is 24.4 Å². The number of aromatic nitrogens is 2. The normalized spacial score (nSPS) is 19.4. The number of rotatable bonds is 4. The molecule has 0 unspecified atom stereocenters. The van der Waals surface area contributed by atoms with Crippen LogP contribution in [-0.4, -0.2) is 28.0 Å². The maximum Gasteiger partial charge on any atom is 0.271 e. The monoisotopic (exact) mass is 482 g/mol. The second-order valence-electron chi connectivity index (χ2n) is 6.04. The van der Waals surface area contributed by atoms with Crippen molar-refractivity contribution in [2.75, 3.05) is 0 Å². The summed E-state index contributed by atoms with van der Waals surface area (Å²) in [6, 6.07) is 7.22. The molecule has 1 amide bonds. The van der Waals surface area contributed by atoms with Crippen LogP contribution < -0.4 is 10.1 Å². The minimum atomic E-state index is -0.197. The number of ether oxygens (including phenoxy) is 1. The van der Waals surface area contributed by atoms with Crippen molar-refractivity contribution >= 4 is 40.1 Å². The van der Waals surface area contributed by atoms with Gasteiger partial charge in [-0.15, -0.1) is 0 Å². The molecule has 1 heterocycles. The average Bonchev–Trinajstić information content (AvgIpc) is 2.64. The van der Waals surface area contributed by atoms with Gasteiger partial charge in [0, 0.05) is 12.1 Å². The molecule has 1 N–H and O–H groups in total. The molecular weight excluding hydrogens is 467 g/mol. The Hall–Kier alpha value is -1.92. The SMILES string of the molecule is N#Cc1ccc(O[C@H]2CC[C@H](NC(=O)c3cnc(I)cn3)CC2)cc1Cl. The fraction of sp³-hybridized carbons (Fsp3) is 0.333. The predicted octanol–water partition coefficient (Wildman–Crippen LogP) is 3.73. The summed E-state index contributed by atoms with van der Waals surface area (Å²) in [4.78, 5) is 20.4. The number of carbonyl (C=O) groups excluding carboxylic acids is 1. The van der Waals surface area contributed by atoms with Crippen LogP contribution in [-0.2, 0) is 0 Å². The van der Waals surface area contributed by atoms with Gasteiger partial charge in [-0.1, -0.05) is 11.6 Å². The smallest absolute Gasteiger partial charge is 0.271 e. The van der Waals surface area contributed by atoms with Gasteiger partial charge in [0.1, 0.15) is 21.2 Å². The lowest BCUT2D eigenvalue weighted by Crippen LogP contribution is -2.40. The van der Waals surface area contributed by atoms with Crippen LogP contribution in [0.15, 0.2) is 30.6 Å². The molecule has 0 spiro atoms. The fourth-order valence-electron chi connectivity index (χ4n) is 2.87. The molecule has 0 atom stereocenters. The first-order valence-electron chi connectivity index (χ1n) is 8.20. The van der Waals surface area contributed by atoms with E-state index in [0.29, 0.717) is 22.0 Å². The van der Waals surface area contributed by atoms with Crippen molar-refractivity contribution in [1.82, 2.24) is 15.3 Å². The van der Waals surface area contributed by atoms with Gasteiger partial charge in [0.15, 0.2) is 0 Å². The molecule has 1 aromatic carbocycles. The molecule has 6 nitrogen and oxygen atoms in total. The van der Waals surface area contributed by atoms with Gasteiger partial charge in [-0.05, 0) is 60.4 Å². The van der Waals surface area contributed by atoms with Crippen molar-refractivity contribution in [3.63, 3.8) is 0 Å². The fourth-order valence-corrected chi connectivity index (χ4v) is 3.36. The Balaban J connectivity index is 1.49. The zero-order valence-corrected chi connectivity index (χ0v) is 16.7. The Bertz CT molecular complexity index is 830. The van der Waals surface area contributed by atoms with E-state index < -0.39 is 0 Å². The summed E-state index contributed by atoms with van der Waals surface area (Å²) in [5.41, 5.74) is 0.764. The van der Waals surface area contributed by atoms with Crippen LogP contribution in [0.5, 0.6) is 5.75 Å². The van der Waals surface area contributed by atoms with E-state index in [2.05, 4.69) is 15.3 Å². The minimum Gasteiger partial charge on any atom is -0.490 e. The second-order valence-corrected chi connectivity index (χ2v) is 7.56. The number of hydrogen-bond donors (Lipinski definition) is 1. The predicted molar refractivity (Wildman–Crippen MR) is 105 cm³/mol. The van der Waals surface area contributed by atoms with Gasteiger partial charge >= 0.3 is 0 Å². The van der Waals surface area contributed by atoms with Crippen molar-refractivity contribution < 1.29 is 9.53 Å². The van der Waals surface area contributed by atoms with Gasteiger partial charge in [-0.25, -0.2) is 9.97 Å². The third-order valence-corrected chi connectivity index (χ3v) is 5.10. The highest BCUT2D eigenvalue weighted by Crippen LogP contribution is 2.27. The van der Waals surface area contributed by atoms with Crippen LogP contribution in [0.3, 0.4) is 0 Å². The summed E-state index contributed by atoms with van der Waals surface area (Å²) in [5.74, 6) is 0.466. The van der Waals surface area contributed by atoms with Crippen LogP contribution in [0.25, 0.3) is 0 Å². The first-order chi connectivity index (χ1) is 12.5. The standard InChI is InChI=1S/C18H16ClIN4O2/c19-15-7-14(4-1-11(15)8-21)26-13-5-2-12(3-6-13)24-18(25)16-9-23-17(20)10-22-16/h1,4,7,9-10,12-13H,2-3,5-6H2,(H,24,25)/t12-,13-. The highest BCUT2D eigenvalue weighted by Gasteiger charge is 2.24. The van der Waals surface area contributed by atoms with Crippen molar-refractivity contribution in [3.05, 3.63) is 50.6 Å². The van der Waals surface area contributed by atoms with E-state index >= 15 is 0 Å². The van der Waals surface area contributed by atoms with Crippen LogP contribution in [0.1, 0.15) is 41.7 Å². The first-order valence-corrected chi connectivity index (χ1v) is 9.65. The van der Waals surface area contributed by atoms with Crippen LogP contribution in [0, 0.1) is 15.0 Å². The van der Waals surface area contributed by atoms with E-state index in [-0.39, 0.29) is 18.1 Å². The van der Waals surface area contributed by atoms with Crippen LogP contribution in [0.4, 0.5) is 0 Å². The minimum absolute atomic E-state index is 0.0743. The summed E-state index contributed by atoms with van der Waals surface area (Å²) in [7, 11) is 0. The zero-order valence-electron chi connectivity index (χ0n) is 13.8. The lowest BCUT2D eigenvalue weighted by Gasteiger charge is -2.29. The zero-order chi connectivity index (χ0) is 18.5. The van der Waals surface area contributed by atoms with Gasteiger partial charge in [0.2, 0.25) is 0 Å². The molecule has 0 saturated heterocycles. The Kier molecular flexibility index (Phi) is 6.27. The second kappa shape index (κ2) is 8.64. The largest absolute Gasteiger partial charge is 0.490 e. The molecule has 0 aliphatic heterocycles. The van der Waals surface area contributed by atoms with Gasteiger partial charge in [0.05, 0.1) is 29.1 Å². The van der Waals surface area contributed by atoms with Crippen molar-refractivity contribution in [3.8, 4) is 11.8 Å². The topological polar surface area (TPSA) is 87.9 Å². The Morgan fingerprint density at radius 2 is 2.04 bits per heavy atom. The summed E-state index contributed by atoms with van der Waals surface area (Å²) >= 11 is 8.08. The van der Waals surface area contributed by atoms with Gasteiger partial charge in [-0.2, -0.15) is 5.26 Å². The highest BCUT2D eigenvalue weighted by atomic mass is 127. The molecule has 8 heteroatoms.